The van der Waals surface area contributed by atoms with Crippen molar-refractivity contribution in [2.24, 2.45) is 4.99 Å². The minimum Gasteiger partial charge on any atom is -0.266 e. The number of nitrogens with zero attached hydrogens (tertiary/aromatic N) is 1. The summed E-state index contributed by atoms with van der Waals surface area (Å²) in [5.74, 6) is 0. The van der Waals surface area contributed by atoms with Gasteiger partial charge in [-0.05, 0) is 38.0 Å². The number of aliphatic imine (C=N–C) groups is 1. The topological polar surface area (TPSA) is 12.4 Å². The summed E-state index contributed by atoms with van der Waals surface area (Å²) in [6, 6.07) is 8.30. The van der Waals surface area contributed by atoms with Gasteiger partial charge in [-0.1, -0.05) is 36.4 Å². The van der Waals surface area contributed by atoms with Crippen molar-refractivity contribution >= 4 is 11.3 Å². The van der Waals surface area contributed by atoms with Gasteiger partial charge in [0.25, 0.3) is 0 Å². The molecule has 0 fully saturated rings. The Morgan fingerprint density at radius 2 is 2.07 bits per heavy atom. The van der Waals surface area contributed by atoms with Gasteiger partial charge in [-0.15, -0.1) is 0 Å². The molecule has 1 nitrogen and oxygen atoms in total. The van der Waals surface area contributed by atoms with Gasteiger partial charge in [-0.25, -0.2) is 0 Å². The van der Waals surface area contributed by atoms with Gasteiger partial charge in [0, 0.05) is 11.9 Å². The molecule has 0 saturated heterocycles. The van der Waals surface area contributed by atoms with Crippen molar-refractivity contribution in [3.63, 3.8) is 0 Å². The second-order valence-corrected chi connectivity index (χ2v) is 3.79. The number of benzene rings is 1. The van der Waals surface area contributed by atoms with E-state index >= 15 is 0 Å². The van der Waals surface area contributed by atoms with Crippen LogP contribution in [0.15, 0.2) is 48.1 Å². The fraction of sp³-hybridized carbons (Fsp3) is 0.214. The second-order valence-electron chi connectivity index (χ2n) is 3.79. The van der Waals surface area contributed by atoms with Crippen LogP contribution in [0.1, 0.15) is 25.0 Å². The molecule has 78 valence electrons. The van der Waals surface area contributed by atoms with E-state index in [4.69, 9.17) is 0 Å². The molecule has 0 amide bonds. The lowest BCUT2D eigenvalue weighted by molar-refractivity contribution is 1.44. The smallest absolute Gasteiger partial charge is 0.0272 e. The predicted octanol–water partition coefficient (Wildman–Crippen LogP) is 4.00. The Labute approximate surface area is 91.9 Å². The average molecular weight is 199 g/mol. The van der Waals surface area contributed by atoms with Crippen molar-refractivity contribution in [2.75, 3.05) is 0 Å². The molecular formula is C14H17N. The molecular weight excluding hydrogens is 182 g/mol. The quantitative estimate of drug-likeness (QED) is 0.515. The van der Waals surface area contributed by atoms with E-state index in [1.807, 2.05) is 26.0 Å². The lowest BCUT2D eigenvalue weighted by Gasteiger charge is -2.00. The maximum Gasteiger partial charge on any atom is 0.0272 e. The molecule has 0 aromatic heterocycles. The van der Waals surface area contributed by atoms with E-state index in [-0.39, 0.29) is 0 Å². The van der Waals surface area contributed by atoms with E-state index in [0.717, 1.165) is 16.8 Å². The summed E-state index contributed by atoms with van der Waals surface area (Å²) < 4.78 is 0. The number of hydrogen-bond donors (Lipinski definition) is 0. The molecule has 0 aliphatic carbocycles. The summed E-state index contributed by atoms with van der Waals surface area (Å²) in [7, 11) is 0. The average Bonchev–Trinajstić information content (AvgIpc) is 2.17. The fourth-order valence-corrected chi connectivity index (χ4v) is 1.22. The monoisotopic (exact) mass is 199 g/mol. The van der Waals surface area contributed by atoms with E-state index in [9.17, 15) is 0 Å². The first-order valence-electron chi connectivity index (χ1n) is 5.03. The largest absolute Gasteiger partial charge is 0.266 e. The zero-order valence-electron chi connectivity index (χ0n) is 9.62. The minimum absolute atomic E-state index is 0.990. The molecule has 0 radical (unpaired) electrons. The van der Waals surface area contributed by atoms with Crippen LogP contribution in [0.2, 0.25) is 0 Å². The SMILES string of the molecule is C=C(/C=C\N=C(C)C)c1cccc(C)c1. The molecule has 0 atom stereocenters. The van der Waals surface area contributed by atoms with Crippen LogP contribution in [0.4, 0.5) is 0 Å². The molecule has 0 bridgehead atoms. The molecule has 0 aliphatic rings. The number of hydrogen-bond acceptors (Lipinski definition) is 1. The molecule has 0 unspecified atom stereocenters. The van der Waals surface area contributed by atoms with Gasteiger partial charge in [-0.3, -0.25) is 4.99 Å². The third-order valence-electron chi connectivity index (χ3n) is 2.00. The van der Waals surface area contributed by atoms with Crippen LogP contribution in [0.3, 0.4) is 0 Å². The first kappa shape index (κ1) is 11.4. The molecule has 0 spiro atoms. The lowest BCUT2D eigenvalue weighted by atomic mass is 10.1. The fourth-order valence-electron chi connectivity index (χ4n) is 1.22. The second kappa shape index (κ2) is 5.30. The zero-order valence-corrected chi connectivity index (χ0v) is 9.62. The standard InChI is InChI=1S/C14H17N/c1-11(2)15-9-8-13(4)14-7-5-6-12(3)10-14/h5-10H,4H2,1-3H3/b9-8-. The maximum atomic E-state index is 4.19. The van der Waals surface area contributed by atoms with E-state index in [0.29, 0.717) is 0 Å². The van der Waals surface area contributed by atoms with E-state index < -0.39 is 0 Å². The Morgan fingerprint density at radius 1 is 1.33 bits per heavy atom. The van der Waals surface area contributed by atoms with E-state index in [1.165, 1.54) is 5.56 Å². The molecule has 0 saturated carbocycles. The summed E-state index contributed by atoms with van der Waals surface area (Å²) in [5.41, 5.74) is 4.43. The first-order valence-corrected chi connectivity index (χ1v) is 5.03. The summed E-state index contributed by atoms with van der Waals surface area (Å²) >= 11 is 0. The van der Waals surface area contributed by atoms with Gasteiger partial charge in [-0.2, -0.15) is 0 Å². The van der Waals surface area contributed by atoms with Crippen LogP contribution in [-0.4, -0.2) is 5.71 Å². The van der Waals surface area contributed by atoms with Crippen LogP contribution in [0, 0.1) is 6.92 Å². The third-order valence-corrected chi connectivity index (χ3v) is 2.00. The van der Waals surface area contributed by atoms with Gasteiger partial charge >= 0.3 is 0 Å². The zero-order chi connectivity index (χ0) is 11.3. The van der Waals surface area contributed by atoms with Crippen molar-refractivity contribution in [3.05, 3.63) is 54.2 Å². The Hall–Kier alpha value is -1.63. The number of rotatable bonds is 3. The molecule has 1 aromatic rings. The Morgan fingerprint density at radius 3 is 2.67 bits per heavy atom. The van der Waals surface area contributed by atoms with Gasteiger partial charge in [0.1, 0.15) is 0 Å². The summed E-state index contributed by atoms with van der Waals surface area (Å²) in [6.07, 6.45) is 3.72. The third kappa shape index (κ3) is 3.94. The van der Waals surface area contributed by atoms with Crippen molar-refractivity contribution < 1.29 is 0 Å². The summed E-state index contributed by atoms with van der Waals surface area (Å²) in [4.78, 5) is 4.19. The van der Waals surface area contributed by atoms with Gasteiger partial charge < -0.3 is 0 Å². The van der Waals surface area contributed by atoms with Gasteiger partial charge in [0.15, 0.2) is 0 Å². The number of aryl methyl sites for hydroxylation is 1. The normalized spacial score (nSPS) is 10.3. The number of allylic oxidation sites excluding steroid dienone is 2. The highest BCUT2D eigenvalue weighted by molar-refractivity contribution is 5.80. The van der Waals surface area contributed by atoms with Crippen LogP contribution < -0.4 is 0 Å². The molecule has 1 aromatic carbocycles. The highest BCUT2D eigenvalue weighted by Crippen LogP contribution is 2.14. The Balaban J connectivity index is 2.78. The first-order chi connectivity index (χ1) is 7.09. The van der Waals surface area contributed by atoms with Crippen molar-refractivity contribution in [1.29, 1.82) is 0 Å². The molecule has 1 rings (SSSR count). The van der Waals surface area contributed by atoms with Crippen LogP contribution in [0.5, 0.6) is 0 Å². The summed E-state index contributed by atoms with van der Waals surface area (Å²) in [6.45, 7) is 10.0. The van der Waals surface area contributed by atoms with E-state index in [2.05, 4.69) is 36.7 Å². The molecule has 0 aliphatic heterocycles. The van der Waals surface area contributed by atoms with Crippen molar-refractivity contribution in [3.8, 4) is 0 Å². The predicted molar refractivity (Wildman–Crippen MR) is 68.1 cm³/mol. The summed E-state index contributed by atoms with van der Waals surface area (Å²) in [5, 5.41) is 0. The minimum atomic E-state index is 0.990. The van der Waals surface area contributed by atoms with Gasteiger partial charge in [0.05, 0.1) is 0 Å². The highest BCUT2D eigenvalue weighted by atomic mass is 14.7. The van der Waals surface area contributed by atoms with Crippen LogP contribution in [0.25, 0.3) is 5.57 Å². The van der Waals surface area contributed by atoms with Crippen molar-refractivity contribution in [1.82, 2.24) is 0 Å². The lowest BCUT2D eigenvalue weighted by Crippen LogP contribution is -1.81. The Bertz CT molecular complexity index is 407. The Kier molecular flexibility index (Phi) is 4.04. The van der Waals surface area contributed by atoms with Crippen molar-refractivity contribution in [2.45, 2.75) is 20.8 Å². The maximum absolute atomic E-state index is 4.19. The molecule has 1 heteroatoms. The molecule has 0 heterocycles. The molecule has 0 N–H and O–H groups in total. The van der Waals surface area contributed by atoms with Gasteiger partial charge in [0.2, 0.25) is 0 Å². The van der Waals surface area contributed by atoms with E-state index in [1.54, 1.807) is 6.20 Å². The van der Waals surface area contributed by atoms with Crippen LogP contribution in [-0.2, 0) is 0 Å². The van der Waals surface area contributed by atoms with Crippen LogP contribution >= 0.6 is 0 Å². The molecule has 15 heavy (non-hydrogen) atoms. The highest BCUT2D eigenvalue weighted by Gasteiger charge is 1.94.